The molecule has 2 rings (SSSR count). The van der Waals surface area contributed by atoms with Crippen LogP contribution in [0.2, 0.25) is 0 Å². The van der Waals surface area contributed by atoms with Crippen molar-refractivity contribution in [2.45, 2.75) is 6.61 Å². The van der Waals surface area contributed by atoms with E-state index in [0.717, 1.165) is 5.69 Å². The minimum atomic E-state index is -0.535. The van der Waals surface area contributed by atoms with Gasteiger partial charge in [0.25, 0.3) is 0 Å². The smallest absolute Gasteiger partial charge is 0.414 e. The second kappa shape index (κ2) is 9.27. The molecule has 6 heteroatoms. The van der Waals surface area contributed by atoms with Gasteiger partial charge in [-0.1, -0.05) is 42.5 Å². The van der Waals surface area contributed by atoms with E-state index < -0.39 is 12.1 Å². The summed E-state index contributed by atoms with van der Waals surface area (Å²) >= 11 is 0. The summed E-state index contributed by atoms with van der Waals surface area (Å²) in [5, 5.41) is 0. The Balaban J connectivity index is 2.16. The molecule has 0 atom stereocenters. The molecule has 0 unspecified atom stereocenters. The van der Waals surface area contributed by atoms with Crippen LogP contribution in [0, 0.1) is 0 Å². The molecule has 0 heterocycles. The first-order chi connectivity index (χ1) is 12.6. The molecular weight excluding hydrogens is 334 g/mol. The van der Waals surface area contributed by atoms with E-state index in [4.69, 9.17) is 14.2 Å². The lowest BCUT2D eigenvalue weighted by atomic mass is 10.0. The fourth-order valence-corrected chi connectivity index (χ4v) is 2.35. The minimum Gasteiger partial charge on any atom is -0.503 e. The Labute approximate surface area is 152 Å². The standard InChI is InChI=1S/C20H21NO5/c1-21(16-10-5-4-6-11-16)20(23)26-13-15-9-7-8-12-17(15)18(14-24-2)19(22)25-3/h4-12,14H,13H2,1-3H3/b18-14+. The van der Waals surface area contributed by atoms with Gasteiger partial charge in [-0.3, -0.25) is 4.90 Å². The summed E-state index contributed by atoms with van der Waals surface area (Å²) in [5.74, 6) is -0.535. The highest BCUT2D eigenvalue weighted by molar-refractivity contribution is 6.16. The number of carbonyl (C=O) groups excluding carboxylic acids is 2. The lowest BCUT2D eigenvalue weighted by Crippen LogP contribution is -2.27. The third-order valence-corrected chi connectivity index (χ3v) is 3.72. The van der Waals surface area contributed by atoms with E-state index in [1.54, 1.807) is 31.3 Å². The summed E-state index contributed by atoms with van der Waals surface area (Å²) in [6, 6.07) is 16.3. The third kappa shape index (κ3) is 4.63. The van der Waals surface area contributed by atoms with Crippen molar-refractivity contribution in [2.24, 2.45) is 0 Å². The van der Waals surface area contributed by atoms with E-state index >= 15 is 0 Å². The summed E-state index contributed by atoms with van der Waals surface area (Å²) in [5.41, 5.74) is 2.21. The Bertz CT molecular complexity index is 786. The van der Waals surface area contributed by atoms with Crippen molar-refractivity contribution in [3.05, 3.63) is 72.0 Å². The SMILES string of the molecule is CO/C=C(/C(=O)OC)c1ccccc1COC(=O)N(C)c1ccccc1. The Kier molecular flexibility index (Phi) is 6.79. The molecule has 0 bridgehead atoms. The van der Waals surface area contributed by atoms with Crippen molar-refractivity contribution in [2.75, 3.05) is 26.2 Å². The van der Waals surface area contributed by atoms with Gasteiger partial charge in [0.05, 0.1) is 20.5 Å². The van der Waals surface area contributed by atoms with Crippen LogP contribution < -0.4 is 4.90 Å². The van der Waals surface area contributed by atoms with Gasteiger partial charge >= 0.3 is 12.1 Å². The van der Waals surface area contributed by atoms with Gasteiger partial charge < -0.3 is 14.2 Å². The zero-order valence-corrected chi connectivity index (χ0v) is 15.0. The van der Waals surface area contributed by atoms with Gasteiger partial charge in [0.2, 0.25) is 0 Å². The lowest BCUT2D eigenvalue weighted by molar-refractivity contribution is -0.133. The summed E-state index contributed by atoms with van der Waals surface area (Å²) < 4.78 is 15.2. The molecule has 6 nitrogen and oxygen atoms in total. The van der Waals surface area contributed by atoms with E-state index in [2.05, 4.69) is 0 Å². The van der Waals surface area contributed by atoms with E-state index in [1.807, 2.05) is 30.3 Å². The van der Waals surface area contributed by atoms with Crippen LogP contribution in [0.5, 0.6) is 0 Å². The van der Waals surface area contributed by atoms with Crippen LogP contribution in [0.3, 0.4) is 0 Å². The van der Waals surface area contributed by atoms with Gasteiger partial charge in [0.15, 0.2) is 0 Å². The number of rotatable bonds is 6. The number of para-hydroxylation sites is 1. The van der Waals surface area contributed by atoms with Crippen molar-refractivity contribution in [1.29, 1.82) is 0 Å². The predicted molar refractivity (Wildman–Crippen MR) is 98.5 cm³/mol. The highest BCUT2D eigenvalue weighted by Gasteiger charge is 2.18. The minimum absolute atomic E-state index is 0.00420. The first-order valence-corrected chi connectivity index (χ1v) is 7.93. The van der Waals surface area contributed by atoms with Crippen molar-refractivity contribution in [1.82, 2.24) is 0 Å². The molecular formula is C20H21NO5. The van der Waals surface area contributed by atoms with Crippen LogP contribution in [0.4, 0.5) is 10.5 Å². The second-order valence-corrected chi connectivity index (χ2v) is 5.37. The van der Waals surface area contributed by atoms with Gasteiger partial charge in [-0.25, -0.2) is 9.59 Å². The second-order valence-electron chi connectivity index (χ2n) is 5.37. The topological polar surface area (TPSA) is 65.1 Å². The molecule has 136 valence electrons. The van der Waals surface area contributed by atoms with Gasteiger partial charge in [-0.15, -0.1) is 0 Å². The van der Waals surface area contributed by atoms with Crippen LogP contribution in [0.15, 0.2) is 60.9 Å². The molecule has 0 fully saturated rings. The maximum Gasteiger partial charge on any atom is 0.414 e. The number of anilines is 1. The number of amides is 1. The number of hydrogen-bond donors (Lipinski definition) is 0. The van der Waals surface area contributed by atoms with Crippen molar-refractivity contribution >= 4 is 23.3 Å². The normalized spacial score (nSPS) is 10.8. The van der Waals surface area contributed by atoms with E-state index in [0.29, 0.717) is 11.1 Å². The quantitative estimate of drug-likeness (QED) is 0.450. The van der Waals surface area contributed by atoms with Crippen LogP contribution in [0.25, 0.3) is 5.57 Å². The predicted octanol–water partition coefficient (Wildman–Crippen LogP) is 3.62. The van der Waals surface area contributed by atoms with Crippen LogP contribution in [-0.2, 0) is 25.6 Å². The molecule has 2 aromatic rings. The Hall–Kier alpha value is -3.28. The van der Waals surface area contributed by atoms with Gasteiger partial charge in [0.1, 0.15) is 12.2 Å². The summed E-state index contributed by atoms with van der Waals surface area (Å²) in [6.45, 7) is 0.00420. The molecule has 26 heavy (non-hydrogen) atoms. The largest absolute Gasteiger partial charge is 0.503 e. The molecule has 1 amide bonds. The zero-order chi connectivity index (χ0) is 18.9. The fourth-order valence-electron chi connectivity index (χ4n) is 2.35. The van der Waals surface area contributed by atoms with Gasteiger partial charge in [0, 0.05) is 12.7 Å². The molecule has 0 N–H and O–H groups in total. The Morgan fingerprint density at radius 3 is 2.31 bits per heavy atom. The summed E-state index contributed by atoms with van der Waals surface area (Å²) in [7, 11) is 4.37. The van der Waals surface area contributed by atoms with Crippen LogP contribution in [-0.4, -0.2) is 33.3 Å². The molecule has 0 radical (unpaired) electrons. The highest BCUT2D eigenvalue weighted by Crippen LogP contribution is 2.22. The zero-order valence-electron chi connectivity index (χ0n) is 15.0. The van der Waals surface area contributed by atoms with Crippen molar-refractivity contribution in [3.8, 4) is 0 Å². The maximum atomic E-state index is 12.3. The lowest BCUT2D eigenvalue weighted by Gasteiger charge is -2.18. The van der Waals surface area contributed by atoms with Crippen molar-refractivity contribution in [3.63, 3.8) is 0 Å². The monoisotopic (exact) mass is 355 g/mol. The molecule has 0 saturated carbocycles. The Morgan fingerprint density at radius 2 is 1.65 bits per heavy atom. The average Bonchev–Trinajstić information content (AvgIpc) is 2.70. The van der Waals surface area contributed by atoms with E-state index in [-0.39, 0.29) is 12.2 Å². The number of carbonyl (C=O) groups is 2. The van der Waals surface area contributed by atoms with E-state index in [9.17, 15) is 9.59 Å². The molecule has 0 aliphatic heterocycles. The third-order valence-electron chi connectivity index (χ3n) is 3.72. The number of nitrogens with zero attached hydrogens (tertiary/aromatic N) is 1. The van der Waals surface area contributed by atoms with Crippen LogP contribution >= 0.6 is 0 Å². The van der Waals surface area contributed by atoms with Crippen LogP contribution in [0.1, 0.15) is 11.1 Å². The van der Waals surface area contributed by atoms with E-state index in [1.165, 1.54) is 25.4 Å². The van der Waals surface area contributed by atoms with Gasteiger partial charge in [-0.2, -0.15) is 0 Å². The van der Waals surface area contributed by atoms with Gasteiger partial charge in [-0.05, 0) is 23.3 Å². The fraction of sp³-hybridized carbons (Fsp3) is 0.200. The summed E-state index contributed by atoms with van der Waals surface area (Å²) in [6.07, 6.45) is 0.809. The summed E-state index contributed by atoms with van der Waals surface area (Å²) in [4.78, 5) is 25.7. The average molecular weight is 355 g/mol. The number of methoxy groups -OCH3 is 2. The number of benzene rings is 2. The van der Waals surface area contributed by atoms with Crippen molar-refractivity contribution < 1.29 is 23.8 Å². The number of esters is 1. The maximum absolute atomic E-state index is 12.3. The molecule has 0 aliphatic carbocycles. The molecule has 0 spiro atoms. The first kappa shape index (κ1) is 19.1. The molecule has 0 aromatic heterocycles. The Morgan fingerprint density at radius 1 is 1.00 bits per heavy atom. The molecule has 2 aromatic carbocycles. The number of ether oxygens (including phenoxy) is 3. The highest BCUT2D eigenvalue weighted by atomic mass is 16.6. The molecule has 0 saturated heterocycles. The number of hydrogen-bond acceptors (Lipinski definition) is 5. The molecule has 0 aliphatic rings. The first-order valence-electron chi connectivity index (χ1n) is 7.93.